The Hall–Kier alpha value is -2.70. The van der Waals surface area contributed by atoms with Crippen molar-refractivity contribution in [3.63, 3.8) is 0 Å². The topological polar surface area (TPSA) is 66.8 Å². The van der Waals surface area contributed by atoms with Crippen molar-refractivity contribution in [1.29, 1.82) is 0 Å². The van der Waals surface area contributed by atoms with E-state index in [0.717, 1.165) is 28.5 Å². The molecule has 0 unspecified atom stereocenters. The lowest BCUT2D eigenvalue weighted by atomic mass is 9.70. The molecule has 5 rings (SSSR count). The van der Waals surface area contributed by atoms with E-state index in [-0.39, 0.29) is 41.4 Å². The van der Waals surface area contributed by atoms with E-state index in [0.29, 0.717) is 18.7 Å². The predicted molar refractivity (Wildman–Crippen MR) is 135 cm³/mol. The number of aromatic hydroxyl groups is 1. The number of anilines is 1. The van der Waals surface area contributed by atoms with Crippen molar-refractivity contribution in [2.75, 3.05) is 11.5 Å². The lowest BCUT2D eigenvalue weighted by molar-refractivity contribution is -0.122. The molecule has 1 aliphatic carbocycles. The lowest BCUT2D eigenvalue weighted by Gasteiger charge is -2.30. The van der Waals surface area contributed by atoms with Crippen molar-refractivity contribution < 1.29 is 19.4 Å². The van der Waals surface area contributed by atoms with E-state index >= 15 is 0 Å². The molecule has 3 aliphatic rings. The van der Waals surface area contributed by atoms with Crippen LogP contribution in [0.3, 0.4) is 0 Å². The molecule has 0 saturated carbocycles. The largest absolute Gasteiger partial charge is 0.507 e. The molecule has 1 N–H and O–H groups in total. The Kier molecular flexibility index (Phi) is 6.21. The van der Waals surface area contributed by atoms with E-state index in [1.165, 1.54) is 16.0 Å². The number of allylic oxidation sites excluding steroid dienone is 2. The van der Waals surface area contributed by atoms with E-state index in [9.17, 15) is 14.7 Å². The van der Waals surface area contributed by atoms with Crippen molar-refractivity contribution in [3.05, 3.63) is 75.3 Å². The molecule has 2 saturated heterocycles. The number of ether oxygens (including phenoxy) is 1. The zero-order chi connectivity index (χ0) is 24.0. The van der Waals surface area contributed by atoms with Gasteiger partial charge in [-0.2, -0.15) is 0 Å². The molecular weight excluding hydrogens is 494 g/mol. The number of hydrogen-bond donors (Lipinski definition) is 1. The number of para-hydroxylation sites is 1. The van der Waals surface area contributed by atoms with Gasteiger partial charge >= 0.3 is 0 Å². The summed E-state index contributed by atoms with van der Waals surface area (Å²) in [6.07, 6.45) is 4.20. The van der Waals surface area contributed by atoms with Crippen LogP contribution in [0.25, 0.3) is 6.08 Å². The van der Waals surface area contributed by atoms with Crippen molar-refractivity contribution >= 4 is 39.5 Å². The van der Waals surface area contributed by atoms with Crippen LogP contribution in [0.1, 0.15) is 38.7 Å². The smallest absolute Gasteiger partial charge is 0.238 e. The molecule has 0 bridgehead atoms. The van der Waals surface area contributed by atoms with Gasteiger partial charge in [0.05, 0.1) is 30.2 Å². The summed E-state index contributed by atoms with van der Waals surface area (Å²) in [5.41, 5.74) is 4.99. The predicted octanol–water partition coefficient (Wildman–Crippen LogP) is 5.88. The maximum atomic E-state index is 13.4. The Morgan fingerprint density at radius 2 is 1.91 bits per heavy atom. The highest BCUT2D eigenvalue weighted by Crippen LogP contribution is 2.50. The van der Waals surface area contributed by atoms with Crippen molar-refractivity contribution in [1.82, 2.24) is 0 Å². The maximum absolute atomic E-state index is 13.4. The molecule has 34 heavy (non-hydrogen) atoms. The first-order chi connectivity index (χ1) is 16.3. The average Bonchev–Trinajstić information content (AvgIpc) is 3.35. The van der Waals surface area contributed by atoms with Crippen LogP contribution in [0.15, 0.2) is 69.7 Å². The summed E-state index contributed by atoms with van der Waals surface area (Å²) in [6.45, 7) is 4.63. The van der Waals surface area contributed by atoms with Crippen molar-refractivity contribution in [3.8, 4) is 5.75 Å². The SMILES string of the molecule is CC1=C2[C@@H](CC/C(C)=C/c3cc(Br)ccc3O)OC[C@@H]2[C@@H]2C(=O)N(c3ccccc3)C(=O)[C@@H]2C1. The van der Waals surface area contributed by atoms with Gasteiger partial charge in [-0.3, -0.25) is 14.5 Å². The third-order valence-electron chi connectivity index (χ3n) is 7.36. The average molecular weight is 522 g/mol. The highest BCUT2D eigenvalue weighted by atomic mass is 79.9. The lowest BCUT2D eigenvalue weighted by Crippen LogP contribution is -2.34. The number of amides is 2. The van der Waals surface area contributed by atoms with E-state index < -0.39 is 0 Å². The quantitative estimate of drug-likeness (QED) is 0.394. The summed E-state index contributed by atoms with van der Waals surface area (Å²) < 4.78 is 7.14. The van der Waals surface area contributed by atoms with Gasteiger partial charge in [0.15, 0.2) is 0 Å². The first-order valence-corrected chi connectivity index (χ1v) is 12.5. The number of rotatable bonds is 5. The zero-order valence-corrected chi connectivity index (χ0v) is 20.9. The summed E-state index contributed by atoms with van der Waals surface area (Å²) >= 11 is 3.45. The number of nitrogens with zero attached hydrogens (tertiary/aromatic N) is 1. The van der Waals surface area contributed by atoms with Crippen LogP contribution < -0.4 is 4.90 Å². The third-order valence-corrected chi connectivity index (χ3v) is 7.85. The molecular formula is C28H28BrNO4. The summed E-state index contributed by atoms with van der Waals surface area (Å²) in [5, 5.41) is 10.1. The Morgan fingerprint density at radius 3 is 2.68 bits per heavy atom. The van der Waals surface area contributed by atoms with Gasteiger partial charge in [-0.15, -0.1) is 0 Å². The van der Waals surface area contributed by atoms with Crippen LogP contribution in [0.2, 0.25) is 0 Å². The van der Waals surface area contributed by atoms with Crippen molar-refractivity contribution in [2.24, 2.45) is 17.8 Å². The minimum atomic E-state index is -0.341. The van der Waals surface area contributed by atoms with Gasteiger partial charge in [-0.1, -0.05) is 51.4 Å². The minimum Gasteiger partial charge on any atom is -0.507 e. The molecule has 6 heteroatoms. The normalized spacial score (nSPS) is 26.8. The van der Waals surface area contributed by atoms with E-state index in [1.54, 1.807) is 6.07 Å². The second-order valence-electron chi connectivity index (χ2n) is 9.58. The van der Waals surface area contributed by atoms with Crippen LogP contribution in [-0.4, -0.2) is 29.6 Å². The third kappa shape index (κ3) is 4.03. The first-order valence-electron chi connectivity index (χ1n) is 11.7. The number of phenolic OH excluding ortho intramolecular Hbond substituents is 1. The molecule has 5 nitrogen and oxygen atoms in total. The molecule has 4 atom stereocenters. The van der Waals surface area contributed by atoms with Crippen LogP contribution >= 0.6 is 15.9 Å². The van der Waals surface area contributed by atoms with Gasteiger partial charge in [-0.05, 0) is 69.0 Å². The second kappa shape index (κ2) is 9.16. The number of benzene rings is 2. The monoisotopic (exact) mass is 521 g/mol. The highest BCUT2D eigenvalue weighted by Gasteiger charge is 2.56. The number of phenols is 1. The fraction of sp³-hybridized carbons (Fsp3) is 0.357. The Balaban J connectivity index is 1.33. The highest BCUT2D eigenvalue weighted by molar-refractivity contribution is 9.10. The molecule has 2 aromatic rings. The molecule has 0 radical (unpaired) electrons. The standard InChI is InChI=1S/C28H28BrNO4/c1-16(12-18-14-19(29)9-10-23(18)31)8-11-24-25-17(2)13-21-26(22(25)15-34-24)28(33)30(27(21)32)20-6-4-3-5-7-20/h3-7,9-10,12,14,21-22,24,26,31H,8,11,13,15H2,1-2H3/b16-12+/t21-,22+,24-,26-/m1/s1. The summed E-state index contributed by atoms with van der Waals surface area (Å²) in [6, 6.07) is 14.6. The Bertz CT molecular complexity index is 1200. The molecule has 2 heterocycles. The number of fused-ring (bicyclic) bond motifs is 3. The molecule has 176 valence electrons. The van der Waals surface area contributed by atoms with E-state index in [1.807, 2.05) is 48.5 Å². The second-order valence-corrected chi connectivity index (χ2v) is 10.5. The number of carbonyl (C=O) groups is 2. The summed E-state index contributed by atoms with van der Waals surface area (Å²) in [5.74, 6) is -0.606. The first kappa shape index (κ1) is 23.1. The number of halogens is 1. The Morgan fingerprint density at radius 1 is 1.15 bits per heavy atom. The zero-order valence-electron chi connectivity index (χ0n) is 19.3. The Labute approximate surface area is 208 Å². The molecule has 2 aliphatic heterocycles. The number of imide groups is 1. The van der Waals surface area contributed by atoms with Crippen LogP contribution in [0.5, 0.6) is 5.75 Å². The molecule has 0 aromatic heterocycles. The molecule has 2 amide bonds. The van der Waals surface area contributed by atoms with Crippen LogP contribution in [0.4, 0.5) is 5.69 Å². The molecule has 2 fully saturated rings. The van der Waals surface area contributed by atoms with Crippen LogP contribution in [0, 0.1) is 17.8 Å². The molecule has 2 aromatic carbocycles. The number of carbonyl (C=O) groups excluding carboxylic acids is 2. The van der Waals surface area contributed by atoms with Crippen molar-refractivity contribution in [2.45, 2.75) is 39.2 Å². The minimum absolute atomic E-state index is 0.0349. The fourth-order valence-electron chi connectivity index (χ4n) is 5.80. The van der Waals surface area contributed by atoms with Gasteiger partial charge in [0.2, 0.25) is 11.8 Å². The number of hydrogen-bond acceptors (Lipinski definition) is 4. The summed E-state index contributed by atoms with van der Waals surface area (Å²) in [7, 11) is 0. The van der Waals surface area contributed by atoms with Gasteiger partial charge in [0.1, 0.15) is 5.75 Å². The van der Waals surface area contributed by atoms with E-state index in [2.05, 4.69) is 29.8 Å². The van der Waals surface area contributed by atoms with Gasteiger partial charge in [0, 0.05) is 16.0 Å². The van der Waals surface area contributed by atoms with Gasteiger partial charge in [-0.25, -0.2) is 0 Å². The molecule has 0 spiro atoms. The van der Waals surface area contributed by atoms with Gasteiger partial charge in [0.25, 0.3) is 0 Å². The van der Waals surface area contributed by atoms with E-state index in [4.69, 9.17) is 4.74 Å². The van der Waals surface area contributed by atoms with Gasteiger partial charge < -0.3 is 9.84 Å². The fourth-order valence-corrected chi connectivity index (χ4v) is 6.18. The summed E-state index contributed by atoms with van der Waals surface area (Å²) in [4.78, 5) is 28.0. The maximum Gasteiger partial charge on any atom is 0.238 e. The van der Waals surface area contributed by atoms with Crippen LogP contribution in [-0.2, 0) is 14.3 Å².